The van der Waals surface area contributed by atoms with E-state index in [9.17, 15) is 9.59 Å². The van der Waals surface area contributed by atoms with Gasteiger partial charge in [0.15, 0.2) is 0 Å². The summed E-state index contributed by atoms with van der Waals surface area (Å²) in [7, 11) is 1.58. The second-order valence-corrected chi connectivity index (χ2v) is 5.50. The van der Waals surface area contributed by atoms with Crippen LogP contribution in [0.2, 0.25) is 0 Å². The number of anilines is 1. The Morgan fingerprint density at radius 1 is 1.17 bits per heavy atom. The van der Waals surface area contributed by atoms with Crippen LogP contribution in [0.1, 0.15) is 27.4 Å². The van der Waals surface area contributed by atoms with Gasteiger partial charge in [0.1, 0.15) is 18.3 Å². The fourth-order valence-corrected chi connectivity index (χ4v) is 2.64. The van der Waals surface area contributed by atoms with E-state index in [2.05, 4.69) is 10.6 Å². The lowest BCUT2D eigenvalue weighted by Gasteiger charge is -2.13. The van der Waals surface area contributed by atoms with Crippen LogP contribution in [0.25, 0.3) is 0 Å². The Morgan fingerprint density at radius 3 is 2.74 bits per heavy atom. The van der Waals surface area contributed by atoms with Crippen LogP contribution in [-0.4, -0.2) is 25.5 Å². The molecule has 0 fully saturated rings. The van der Waals surface area contributed by atoms with Gasteiger partial charge in [-0.2, -0.15) is 0 Å². The molecule has 1 atom stereocenters. The number of para-hydroxylation sites is 1. The maximum atomic E-state index is 12.6. The molecule has 1 unspecified atom stereocenters. The van der Waals surface area contributed by atoms with E-state index in [0.29, 0.717) is 17.9 Å². The Balaban J connectivity index is 1.82. The molecule has 0 saturated carbocycles. The Bertz CT molecular complexity index is 771. The molecule has 0 bridgehead atoms. The van der Waals surface area contributed by atoms with Gasteiger partial charge in [0.25, 0.3) is 5.91 Å². The Morgan fingerprint density at radius 2 is 1.96 bits per heavy atom. The summed E-state index contributed by atoms with van der Waals surface area (Å²) in [5, 5.41) is 5.49. The van der Waals surface area contributed by atoms with E-state index >= 15 is 0 Å². The van der Waals surface area contributed by atoms with Crippen LogP contribution in [0.3, 0.4) is 0 Å². The molecule has 1 aliphatic heterocycles. The molecule has 0 aliphatic carbocycles. The highest BCUT2D eigenvalue weighted by Gasteiger charge is 2.30. The summed E-state index contributed by atoms with van der Waals surface area (Å²) in [4.78, 5) is 24.3. The maximum absolute atomic E-state index is 12.6. The van der Waals surface area contributed by atoms with Crippen molar-refractivity contribution in [2.75, 3.05) is 19.0 Å². The lowest BCUT2D eigenvalue weighted by Crippen LogP contribution is -2.23. The fourth-order valence-electron chi connectivity index (χ4n) is 2.64. The number of benzene rings is 2. The average Bonchev–Trinajstić information content (AvgIpc) is 3.00. The van der Waals surface area contributed by atoms with Gasteiger partial charge in [-0.05, 0) is 30.7 Å². The summed E-state index contributed by atoms with van der Waals surface area (Å²) in [6.07, 6.45) is 0. The predicted octanol–water partition coefficient (Wildman–Crippen LogP) is 2.47. The molecule has 0 spiro atoms. The van der Waals surface area contributed by atoms with E-state index in [-0.39, 0.29) is 17.7 Å². The molecule has 2 aromatic rings. The average molecular weight is 310 g/mol. The van der Waals surface area contributed by atoms with Crippen LogP contribution in [0.15, 0.2) is 42.5 Å². The number of hydrogen-bond donors (Lipinski definition) is 2. The van der Waals surface area contributed by atoms with Crippen molar-refractivity contribution in [1.82, 2.24) is 5.32 Å². The van der Waals surface area contributed by atoms with Crippen molar-refractivity contribution in [2.24, 2.45) is 0 Å². The molecule has 3 rings (SSSR count). The van der Waals surface area contributed by atoms with Gasteiger partial charge < -0.3 is 15.4 Å². The smallest absolute Gasteiger partial charge is 0.251 e. The van der Waals surface area contributed by atoms with Crippen LogP contribution in [0.4, 0.5) is 5.69 Å². The third-order valence-corrected chi connectivity index (χ3v) is 4.00. The van der Waals surface area contributed by atoms with Crippen LogP contribution >= 0.6 is 0 Å². The van der Waals surface area contributed by atoms with Gasteiger partial charge >= 0.3 is 0 Å². The molecule has 0 aromatic heterocycles. The third kappa shape index (κ3) is 2.90. The molecule has 118 valence electrons. The van der Waals surface area contributed by atoms with Crippen molar-refractivity contribution in [3.63, 3.8) is 0 Å². The van der Waals surface area contributed by atoms with Crippen molar-refractivity contribution in [1.29, 1.82) is 0 Å². The van der Waals surface area contributed by atoms with Crippen LogP contribution < -0.4 is 15.4 Å². The van der Waals surface area contributed by atoms with Crippen molar-refractivity contribution in [3.8, 4) is 5.75 Å². The van der Waals surface area contributed by atoms with Crippen molar-refractivity contribution in [3.05, 3.63) is 59.2 Å². The zero-order chi connectivity index (χ0) is 16.4. The van der Waals surface area contributed by atoms with Crippen molar-refractivity contribution >= 4 is 17.5 Å². The van der Waals surface area contributed by atoms with E-state index in [4.69, 9.17) is 4.74 Å². The molecule has 5 nitrogen and oxygen atoms in total. The van der Waals surface area contributed by atoms with Crippen LogP contribution in [0.5, 0.6) is 5.75 Å². The standard InChI is InChI=1S/C18H18N2O3/c1-11-7-8-12(17(21)19-2)9-15(11)20-18(22)14-10-23-16-6-4-3-5-13(14)16/h3-9,14H,10H2,1-2H3,(H,19,21)(H,20,22). The number of rotatable bonds is 3. The van der Waals surface area contributed by atoms with Gasteiger partial charge in [-0.3, -0.25) is 9.59 Å². The van der Waals surface area contributed by atoms with Crippen LogP contribution in [0, 0.1) is 6.92 Å². The third-order valence-electron chi connectivity index (χ3n) is 4.00. The summed E-state index contributed by atoms with van der Waals surface area (Å²) >= 11 is 0. The summed E-state index contributed by atoms with van der Waals surface area (Å²) in [6.45, 7) is 2.22. The van der Waals surface area contributed by atoms with Gasteiger partial charge in [-0.1, -0.05) is 24.3 Å². The minimum atomic E-state index is -0.339. The molecule has 0 saturated heterocycles. The number of hydrogen-bond acceptors (Lipinski definition) is 3. The quantitative estimate of drug-likeness (QED) is 0.915. The molecule has 0 radical (unpaired) electrons. The lowest BCUT2D eigenvalue weighted by molar-refractivity contribution is -0.117. The summed E-state index contributed by atoms with van der Waals surface area (Å²) in [5.74, 6) is 0.0971. The number of amides is 2. The molecule has 2 amide bonds. The molecule has 2 aromatic carbocycles. The van der Waals surface area contributed by atoms with E-state index < -0.39 is 0 Å². The SMILES string of the molecule is CNC(=O)c1ccc(C)c(NC(=O)C2COc3ccccc32)c1. The largest absolute Gasteiger partial charge is 0.492 e. The first-order valence-corrected chi connectivity index (χ1v) is 7.45. The summed E-state index contributed by atoms with van der Waals surface area (Å²) in [5.41, 5.74) is 2.94. The van der Waals surface area contributed by atoms with Gasteiger partial charge in [0.05, 0.1) is 0 Å². The second-order valence-electron chi connectivity index (χ2n) is 5.50. The highest BCUT2D eigenvalue weighted by Crippen LogP contribution is 2.34. The second kappa shape index (κ2) is 6.12. The zero-order valence-corrected chi connectivity index (χ0v) is 13.1. The van der Waals surface area contributed by atoms with Gasteiger partial charge in [0.2, 0.25) is 5.91 Å². The molecular formula is C18H18N2O3. The maximum Gasteiger partial charge on any atom is 0.251 e. The fraction of sp³-hybridized carbons (Fsp3) is 0.222. The summed E-state index contributed by atoms with van der Waals surface area (Å²) in [6, 6.07) is 12.8. The normalized spacial score (nSPS) is 15.5. The van der Waals surface area contributed by atoms with Gasteiger partial charge in [-0.15, -0.1) is 0 Å². The topological polar surface area (TPSA) is 67.4 Å². The molecular weight excluding hydrogens is 292 g/mol. The van der Waals surface area contributed by atoms with E-state index in [0.717, 1.165) is 16.9 Å². The number of carbonyl (C=O) groups excluding carboxylic acids is 2. The Hall–Kier alpha value is -2.82. The number of nitrogens with one attached hydrogen (secondary N) is 2. The highest BCUT2D eigenvalue weighted by molar-refractivity contribution is 6.00. The lowest BCUT2D eigenvalue weighted by atomic mass is 10.00. The number of aryl methyl sites for hydroxylation is 1. The first-order chi connectivity index (χ1) is 11.1. The first kappa shape index (κ1) is 15.1. The van der Waals surface area contributed by atoms with E-state index in [1.165, 1.54) is 0 Å². The van der Waals surface area contributed by atoms with Crippen molar-refractivity contribution in [2.45, 2.75) is 12.8 Å². The number of carbonyl (C=O) groups is 2. The Kier molecular flexibility index (Phi) is 4.02. The van der Waals surface area contributed by atoms with Gasteiger partial charge in [-0.25, -0.2) is 0 Å². The minimum absolute atomic E-state index is 0.132. The molecule has 2 N–H and O–H groups in total. The molecule has 5 heteroatoms. The highest BCUT2D eigenvalue weighted by atomic mass is 16.5. The monoisotopic (exact) mass is 310 g/mol. The summed E-state index contributed by atoms with van der Waals surface area (Å²) < 4.78 is 5.55. The molecule has 1 heterocycles. The number of ether oxygens (including phenoxy) is 1. The predicted molar refractivity (Wildman–Crippen MR) is 87.9 cm³/mol. The molecule has 1 aliphatic rings. The first-order valence-electron chi connectivity index (χ1n) is 7.45. The van der Waals surface area contributed by atoms with E-state index in [1.54, 1.807) is 19.2 Å². The van der Waals surface area contributed by atoms with Crippen LogP contribution in [-0.2, 0) is 4.79 Å². The van der Waals surface area contributed by atoms with Gasteiger partial charge in [0, 0.05) is 23.9 Å². The number of fused-ring (bicyclic) bond motifs is 1. The zero-order valence-electron chi connectivity index (χ0n) is 13.1. The van der Waals surface area contributed by atoms with E-state index in [1.807, 2.05) is 37.3 Å². The molecule has 23 heavy (non-hydrogen) atoms. The van der Waals surface area contributed by atoms with Crippen molar-refractivity contribution < 1.29 is 14.3 Å². The Labute approximate surface area is 134 Å². The minimum Gasteiger partial charge on any atom is -0.492 e.